The Bertz CT molecular complexity index is 900. The fourth-order valence-electron chi connectivity index (χ4n) is 7.35. The molecule has 0 aromatic rings. The molecule has 0 fully saturated rings. The predicted molar refractivity (Wildman–Crippen MR) is 238 cm³/mol. The fraction of sp³-hybridized carbons (Fsp3) is 0.938. The molecule has 0 aliphatic heterocycles. The van der Waals surface area contributed by atoms with Crippen LogP contribution in [0.2, 0.25) is 0 Å². The van der Waals surface area contributed by atoms with Crippen LogP contribution in [0.5, 0.6) is 0 Å². The Morgan fingerprint density at radius 3 is 1.39 bits per heavy atom. The second kappa shape index (κ2) is 42.3. The number of likely N-dealkylation sites (N-methyl/N-ethyl adjacent to an activating group) is 1. The Hall–Kier alpha value is -1.87. The maximum atomic E-state index is 12.9. The number of esters is 2. The van der Waals surface area contributed by atoms with Crippen LogP contribution in [0, 0.1) is 5.92 Å². The van der Waals surface area contributed by atoms with E-state index in [1.54, 1.807) is 0 Å². The summed E-state index contributed by atoms with van der Waals surface area (Å²) in [6.45, 7) is 19.3. The van der Waals surface area contributed by atoms with Crippen molar-refractivity contribution in [1.29, 1.82) is 0 Å². The van der Waals surface area contributed by atoms with Crippen LogP contribution < -0.4 is 0 Å². The molecule has 0 aromatic carbocycles. The SMILES string of the molecule is CCCCCCCCC(=O)OCCN(CCOC(=O)OC(CCCCCC)CCCCCCCCC(=O)OCC(CCCC)CCCCCC)CCN(CC)CC. The molecule has 57 heavy (non-hydrogen) atoms. The van der Waals surface area contributed by atoms with Gasteiger partial charge in [0.15, 0.2) is 0 Å². The first-order chi connectivity index (χ1) is 27.8. The van der Waals surface area contributed by atoms with Gasteiger partial charge in [-0.15, -0.1) is 0 Å². The minimum absolute atomic E-state index is 0.0352. The van der Waals surface area contributed by atoms with Crippen molar-refractivity contribution in [3.8, 4) is 0 Å². The highest BCUT2D eigenvalue weighted by atomic mass is 16.7. The van der Waals surface area contributed by atoms with E-state index in [1.807, 2.05) is 0 Å². The topological polar surface area (TPSA) is 94.6 Å². The van der Waals surface area contributed by atoms with Crippen LogP contribution in [-0.2, 0) is 28.5 Å². The van der Waals surface area contributed by atoms with Gasteiger partial charge in [0.25, 0.3) is 0 Å². The molecule has 2 unspecified atom stereocenters. The Morgan fingerprint density at radius 2 is 0.842 bits per heavy atom. The van der Waals surface area contributed by atoms with E-state index < -0.39 is 6.16 Å². The second-order valence-electron chi connectivity index (χ2n) is 16.5. The van der Waals surface area contributed by atoms with Crippen molar-refractivity contribution in [3.05, 3.63) is 0 Å². The van der Waals surface area contributed by atoms with Crippen molar-refractivity contribution in [3.63, 3.8) is 0 Å². The lowest BCUT2D eigenvalue weighted by atomic mass is 9.96. The van der Waals surface area contributed by atoms with Gasteiger partial charge in [0.1, 0.15) is 19.3 Å². The third-order valence-electron chi connectivity index (χ3n) is 11.4. The first-order valence-corrected chi connectivity index (χ1v) is 24.4. The molecular formula is C48H94N2O7. The molecule has 0 radical (unpaired) electrons. The molecule has 0 rings (SSSR count). The molecule has 9 nitrogen and oxygen atoms in total. The van der Waals surface area contributed by atoms with Crippen LogP contribution in [0.25, 0.3) is 0 Å². The van der Waals surface area contributed by atoms with E-state index in [0.29, 0.717) is 45.1 Å². The molecule has 0 amide bonds. The first-order valence-electron chi connectivity index (χ1n) is 24.4. The molecule has 0 aliphatic carbocycles. The highest BCUT2D eigenvalue weighted by Crippen LogP contribution is 2.20. The summed E-state index contributed by atoms with van der Waals surface area (Å²) in [5.74, 6) is 0.358. The summed E-state index contributed by atoms with van der Waals surface area (Å²) in [5, 5.41) is 0. The van der Waals surface area contributed by atoms with Crippen LogP contribution in [0.1, 0.15) is 221 Å². The predicted octanol–water partition coefficient (Wildman–Crippen LogP) is 12.9. The van der Waals surface area contributed by atoms with Gasteiger partial charge in [0.05, 0.1) is 6.61 Å². The van der Waals surface area contributed by atoms with Gasteiger partial charge in [-0.3, -0.25) is 14.5 Å². The van der Waals surface area contributed by atoms with E-state index in [-0.39, 0.29) is 24.6 Å². The van der Waals surface area contributed by atoms with Crippen molar-refractivity contribution in [2.24, 2.45) is 5.92 Å². The summed E-state index contributed by atoms with van der Waals surface area (Å²) in [4.78, 5) is 42.2. The lowest BCUT2D eigenvalue weighted by Crippen LogP contribution is -2.39. The Morgan fingerprint density at radius 1 is 0.421 bits per heavy atom. The van der Waals surface area contributed by atoms with Gasteiger partial charge in [0, 0.05) is 39.0 Å². The van der Waals surface area contributed by atoms with Gasteiger partial charge in [-0.05, 0) is 70.4 Å². The number of carbonyl (C=O) groups is 3. The summed E-state index contributed by atoms with van der Waals surface area (Å²) >= 11 is 0. The first kappa shape index (κ1) is 55.1. The molecule has 0 heterocycles. The summed E-state index contributed by atoms with van der Waals surface area (Å²) < 4.78 is 22.8. The summed E-state index contributed by atoms with van der Waals surface area (Å²) in [6, 6.07) is 0. The van der Waals surface area contributed by atoms with E-state index in [1.165, 1.54) is 89.9 Å². The van der Waals surface area contributed by atoms with Crippen molar-refractivity contribution < 1.29 is 33.3 Å². The maximum Gasteiger partial charge on any atom is 0.508 e. The van der Waals surface area contributed by atoms with Crippen LogP contribution in [0.4, 0.5) is 4.79 Å². The van der Waals surface area contributed by atoms with Crippen LogP contribution >= 0.6 is 0 Å². The smallest absolute Gasteiger partial charge is 0.465 e. The number of unbranched alkanes of at least 4 members (excludes halogenated alkanes) is 17. The number of hydrogen-bond acceptors (Lipinski definition) is 9. The van der Waals surface area contributed by atoms with Gasteiger partial charge in [-0.25, -0.2) is 4.79 Å². The Kier molecular flexibility index (Phi) is 40.9. The van der Waals surface area contributed by atoms with E-state index in [0.717, 1.165) is 103 Å². The van der Waals surface area contributed by atoms with Crippen molar-refractivity contribution in [2.75, 3.05) is 59.1 Å². The highest BCUT2D eigenvalue weighted by Gasteiger charge is 2.17. The second-order valence-corrected chi connectivity index (χ2v) is 16.5. The lowest BCUT2D eigenvalue weighted by molar-refractivity contribution is -0.145. The summed E-state index contributed by atoms with van der Waals surface area (Å²) in [5.41, 5.74) is 0. The summed E-state index contributed by atoms with van der Waals surface area (Å²) in [6.07, 6.45) is 29.6. The van der Waals surface area contributed by atoms with E-state index >= 15 is 0 Å². The van der Waals surface area contributed by atoms with Gasteiger partial charge in [-0.1, -0.05) is 157 Å². The minimum Gasteiger partial charge on any atom is -0.465 e. The normalized spacial score (nSPS) is 12.6. The minimum atomic E-state index is -0.579. The average molecular weight is 811 g/mol. The number of rotatable bonds is 43. The maximum absolute atomic E-state index is 12.9. The Balaban J connectivity index is 4.58. The zero-order valence-corrected chi connectivity index (χ0v) is 38.6. The highest BCUT2D eigenvalue weighted by molar-refractivity contribution is 5.69. The molecule has 0 spiro atoms. The van der Waals surface area contributed by atoms with Crippen LogP contribution in [0.3, 0.4) is 0 Å². The standard InChI is InChI=1S/C48H94N2O7/c1-7-13-17-20-24-29-35-46(51)54-41-39-50(38-37-49(11-5)12-6)40-42-55-48(53)57-45(33-27-19-15-9-3)34-28-23-21-22-25-30-36-47(52)56-43-44(31-16-10-4)32-26-18-14-8-2/h44-45H,7-43H2,1-6H3. The zero-order valence-electron chi connectivity index (χ0n) is 38.6. The Labute approximate surface area is 352 Å². The molecule has 338 valence electrons. The summed E-state index contributed by atoms with van der Waals surface area (Å²) in [7, 11) is 0. The average Bonchev–Trinajstić information content (AvgIpc) is 3.21. The molecule has 0 N–H and O–H groups in total. The van der Waals surface area contributed by atoms with Gasteiger partial charge < -0.3 is 23.8 Å². The van der Waals surface area contributed by atoms with Gasteiger partial charge >= 0.3 is 18.1 Å². The molecule has 2 atom stereocenters. The van der Waals surface area contributed by atoms with Crippen LogP contribution in [0.15, 0.2) is 0 Å². The third-order valence-corrected chi connectivity index (χ3v) is 11.4. The fourth-order valence-corrected chi connectivity index (χ4v) is 7.35. The number of carbonyl (C=O) groups excluding carboxylic acids is 3. The number of ether oxygens (including phenoxy) is 4. The van der Waals surface area contributed by atoms with Gasteiger partial charge in [0.2, 0.25) is 0 Å². The molecule has 0 saturated carbocycles. The van der Waals surface area contributed by atoms with E-state index in [2.05, 4.69) is 51.3 Å². The molecular weight excluding hydrogens is 717 g/mol. The van der Waals surface area contributed by atoms with Crippen LogP contribution in [-0.4, -0.2) is 93.1 Å². The van der Waals surface area contributed by atoms with Crippen molar-refractivity contribution >= 4 is 18.1 Å². The van der Waals surface area contributed by atoms with Gasteiger partial charge in [-0.2, -0.15) is 0 Å². The third kappa shape index (κ3) is 36.9. The molecule has 0 saturated heterocycles. The molecule has 0 bridgehead atoms. The quantitative estimate of drug-likeness (QED) is 0.0339. The van der Waals surface area contributed by atoms with Crippen molar-refractivity contribution in [2.45, 2.75) is 227 Å². The zero-order chi connectivity index (χ0) is 42.0. The molecule has 0 aromatic heterocycles. The van der Waals surface area contributed by atoms with E-state index in [4.69, 9.17) is 18.9 Å². The largest absolute Gasteiger partial charge is 0.508 e. The molecule has 9 heteroatoms. The number of nitrogens with zero attached hydrogens (tertiary/aromatic N) is 2. The lowest BCUT2D eigenvalue weighted by Gasteiger charge is -2.26. The monoisotopic (exact) mass is 811 g/mol. The number of hydrogen-bond donors (Lipinski definition) is 0. The molecule has 0 aliphatic rings. The van der Waals surface area contributed by atoms with Crippen molar-refractivity contribution in [1.82, 2.24) is 9.80 Å². The van der Waals surface area contributed by atoms with E-state index in [9.17, 15) is 14.4 Å².